The molecule has 2 unspecified atom stereocenters. The number of carbonyl (C=O) groups is 1. The predicted octanol–water partition coefficient (Wildman–Crippen LogP) is 2.44. The molecule has 1 rings (SSSR count). The van der Waals surface area contributed by atoms with Gasteiger partial charge in [-0.25, -0.2) is 0 Å². The van der Waals surface area contributed by atoms with E-state index in [4.69, 9.17) is 0 Å². The molecule has 4 heteroatoms. The number of nitrogens with one attached hydrogen (secondary N) is 1. The van der Waals surface area contributed by atoms with Gasteiger partial charge >= 0.3 is 0 Å². The number of amides is 1. The first-order valence-corrected chi connectivity index (χ1v) is 6.71. The van der Waals surface area contributed by atoms with E-state index in [-0.39, 0.29) is 18.4 Å². The van der Waals surface area contributed by atoms with Gasteiger partial charge in [-0.05, 0) is 32.2 Å². The average molecular weight is 263 g/mol. The molecule has 102 valence electrons. The van der Waals surface area contributed by atoms with Crippen LogP contribution in [0.15, 0.2) is 0 Å². The lowest BCUT2D eigenvalue weighted by molar-refractivity contribution is -0.134. The zero-order valence-corrected chi connectivity index (χ0v) is 12.2. The summed E-state index contributed by atoms with van der Waals surface area (Å²) >= 11 is 0. The highest BCUT2D eigenvalue weighted by molar-refractivity contribution is 5.85. The van der Waals surface area contributed by atoms with Crippen LogP contribution in [0.3, 0.4) is 0 Å². The van der Waals surface area contributed by atoms with Gasteiger partial charge in [0.05, 0.1) is 6.04 Å². The first kappa shape index (κ1) is 16.7. The molecule has 1 fully saturated rings. The number of halogens is 1. The van der Waals surface area contributed by atoms with Crippen LogP contribution in [0.5, 0.6) is 0 Å². The van der Waals surface area contributed by atoms with E-state index in [1.54, 1.807) is 0 Å². The van der Waals surface area contributed by atoms with E-state index in [1.165, 1.54) is 12.8 Å². The molecule has 3 nitrogen and oxygen atoms in total. The van der Waals surface area contributed by atoms with E-state index in [1.807, 2.05) is 4.90 Å². The zero-order chi connectivity index (χ0) is 12.0. The van der Waals surface area contributed by atoms with E-state index in [0.717, 1.165) is 32.5 Å². The summed E-state index contributed by atoms with van der Waals surface area (Å²) in [5.41, 5.74) is 0. The van der Waals surface area contributed by atoms with Crippen molar-refractivity contribution >= 4 is 18.3 Å². The summed E-state index contributed by atoms with van der Waals surface area (Å²) in [6.45, 7) is 9.21. The second kappa shape index (κ2) is 8.76. The quantitative estimate of drug-likeness (QED) is 0.826. The van der Waals surface area contributed by atoms with Crippen molar-refractivity contribution in [1.29, 1.82) is 0 Å². The molecular weight excluding hydrogens is 236 g/mol. The lowest BCUT2D eigenvalue weighted by Gasteiger charge is -2.30. The van der Waals surface area contributed by atoms with Gasteiger partial charge < -0.3 is 10.2 Å². The van der Waals surface area contributed by atoms with Crippen LogP contribution in [0.25, 0.3) is 0 Å². The van der Waals surface area contributed by atoms with Crippen molar-refractivity contribution in [2.24, 2.45) is 5.92 Å². The van der Waals surface area contributed by atoms with Crippen molar-refractivity contribution in [2.45, 2.75) is 52.5 Å². The van der Waals surface area contributed by atoms with E-state index in [2.05, 4.69) is 26.1 Å². The lowest BCUT2D eigenvalue weighted by Crippen LogP contribution is -2.49. The minimum absolute atomic E-state index is 0. The van der Waals surface area contributed by atoms with Crippen LogP contribution in [0, 0.1) is 5.92 Å². The highest BCUT2D eigenvalue weighted by Gasteiger charge is 2.25. The van der Waals surface area contributed by atoms with Gasteiger partial charge in [0.1, 0.15) is 0 Å². The number of likely N-dealkylation sites (N-methyl/N-ethyl adjacent to an activating group) is 1. The first-order valence-electron chi connectivity index (χ1n) is 6.71. The molecule has 0 aromatic carbocycles. The Balaban J connectivity index is 0.00000256. The highest BCUT2D eigenvalue weighted by atomic mass is 35.5. The van der Waals surface area contributed by atoms with Crippen LogP contribution in [-0.2, 0) is 4.79 Å². The van der Waals surface area contributed by atoms with Crippen molar-refractivity contribution < 1.29 is 4.79 Å². The topological polar surface area (TPSA) is 32.3 Å². The summed E-state index contributed by atoms with van der Waals surface area (Å²) in [4.78, 5) is 14.3. The molecule has 0 aromatic heterocycles. The van der Waals surface area contributed by atoms with E-state index < -0.39 is 0 Å². The van der Waals surface area contributed by atoms with Gasteiger partial charge in [-0.15, -0.1) is 12.4 Å². The molecule has 1 N–H and O–H groups in total. The molecule has 0 saturated carbocycles. The second-order valence-electron chi connectivity index (χ2n) is 4.89. The molecule has 0 radical (unpaired) electrons. The summed E-state index contributed by atoms with van der Waals surface area (Å²) in [5.74, 6) is 0.912. The molecule has 0 bridgehead atoms. The molecule has 1 aliphatic rings. The Morgan fingerprint density at radius 1 is 1.41 bits per heavy atom. The number of rotatable bonds is 5. The monoisotopic (exact) mass is 262 g/mol. The second-order valence-corrected chi connectivity index (χ2v) is 4.89. The number of piperidine rings is 1. The standard InChI is InChI=1S/C13H26N2O.ClH/c1-4-11(3)10-15(5-2)13(16)12-8-6-7-9-14-12;/h11-12,14H,4-10H2,1-3H3;1H. The summed E-state index contributed by atoms with van der Waals surface area (Å²) in [6.07, 6.45) is 4.54. The Morgan fingerprint density at radius 3 is 2.59 bits per heavy atom. The van der Waals surface area contributed by atoms with Gasteiger partial charge in [-0.1, -0.05) is 26.7 Å². The number of hydrogen-bond acceptors (Lipinski definition) is 2. The maximum Gasteiger partial charge on any atom is 0.239 e. The molecule has 1 aliphatic heterocycles. The minimum atomic E-state index is 0. The Labute approximate surface area is 112 Å². The van der Waals surface area contributed by atoms with Gasteiger partial charge in [0, 0.05) is 13.1 Å². The fraction of sp³-hybridized carbons (Fsp3) is 0.923. The predicted molar refractivity (Wildman–Crippen MR) is 74.6 cm³/mol. The van der Waals surface area contributed by atoms with Crippen molar-refractivity contribution in [3.63, 3.8) is 0 Å². The van der Waals surface area contributed by atoms with Gasteiger partial charge in [0.15, 0.2) is 0 Å². The average Bonchev–Trinajstić information content (AvgIpc) is 2.35. The van der Waals surface area contributed by atoms with Gasteiger partial charge in [-0.2, -0.15) is 0 Å². The summed E-state index contributed by atoms with van der Waals surface area (Å²) < 4.78 is 0. The largest absolute Gasteiger partial charge is 0.341 e. The highest BCUT2D eigenvalue weighted by Crippen LogP contribution is 2.12. The van der Waals surface area contributed by atoms with Crippen LogP contribution in [0.1, 0.15) is 46.5 Å². The molecule has 0 spiro atoms. The zero-order valence-electron chi connectivity index (χ0n) is 11.4. The Hall–Kier alpha value is -0.280. The van der Waals surface area contributed by atoms with Crippen molar-refractivity contribution in [3.8, 4) is 0 Å². The summed E-state index contributed by atoms with van der Waals surface area (Å²) in [7, 11) is 0. The third-order valence-electron chi connectivity index (χ3n) is 3.53. The van der Waals surface area contributed by atoms with Gasteiger partial charge in [0.25, 0.3) is 0 Å². The fourth-order valence-electron chi connectivity index (χ4n) is 2.16. The SMILES string of the molecule is CCC(C)CN(CC)C(=O)C1CCCCN1.Cl. The molecule has 0 aromatic rings. The fourth-order valence-corrected chi connectivity index (χ4v) is 2.16. The maximum atomic E-state index is 12.2. The van der Waals surface area contributed by atoms with Crippen LogP contribution in [0.2, 0.25) is 0 Å². The molecule has 17 heavy (non-hydrogen) atoms. The summed E-state index contributed by atoms with van der Waals surface area (Å²) in [5, 5.41) is 3.33. The normalized spacial score (nSPS) is 21.5. The van der Waals surface area contributed by atoms with E-state index >= 15 is 0 Å². The lowest BCUT2D eigenvalue weighted by atomic mass is 10.0. The number of nitrogens with zero attached hydrogens (tertiary/aromatic N) is 1. The van der Waals surface area contributed by atoms with Gasteiger partial charge in [0.2, 0.25) is 5.91 Å². The smallest absolute Gasteiger partial charge is 0.239 e. The van der Waals surface area contributed by atoms with E-state index in [0.29, 0.717) is 11.8 Å². The van der Waals surface area contributed by atoms with Crippen LogP contribution < -0.4 is 5.32 Å². The third-order valence-corrected chi connectivity index (χ3v) is 3.53. The van der Waals surface area contributed by atoms with Crippen LogP contribution in [0.4, 0.5) is 0 Å². The van der Waals surface area contributed by atoms with Crippen molar-refractivity contribution in [2.75, 3.05) is 19.6 Å². The molecule has 1 heterocycles. The third kappa shape index (κ3) is 5.26. The van der Waals surface area contributed by atoms with E-state index in [9.17, 15) is 4.79 Å². The Morgan fingerprint density at radius 2 is 2.12 bits per heavy atom. The summed E-state index contributed by atoms with van der Waals surface area (Å²) in [6, 6.07) is 0.0813. The molecule has 1 saturated heterocycles. The molecular formula is C13H27ClN2O. The number of carbonyl (C=O) groups excluding carboxylic acids is 1. The first-order chi connectivity index (χ1) is 7.69. The Bertz CT molecular complexity index is 217. The van der Waals surface area contributed by atoms with Crippen LogP contribution >= 0.6 is 12.4 Å². The van der Waals surface area contributed by atoms with Gasteiger partial charge in [-0.3, -0.25) is 4.79 Å². The minimum Gasteiger partial charge on any atom is -0.341 e. The molecule has 2 atom stereocenters. The molecule has 0 aliphatic carbocycles. The maximum absolute atomic E-state index is 12.2. The number of hydrogen-bond donors (Lipinski definition) is 1. The molecule has 1 amide bonds. The Kier molecular flexibility index (Phi) is 8.61. The van der Waals surface area contributed by atoms with Crippen LogP contribution in [-0.4, -0.2) is 36.5 Å². The van der Waals surface area contributed by atoms with Crippen molar-refractivity contribution in [1.82, 2.24) is 10.2 Å². The van der Waals surface area contributed by atoms with Crippen molar-refractivity contribution in [3.05, 3.63) is 0 Å².